The lowest BCUT2D eigenvalue weighted by Gasteiger charge is -2.35. The molecule has 0 aromatic carbocycles. The Morgan fingerprint density at radius 1 is 1.08 bits per heavy atom. The predicted octanol–water partition coefficient (Wildman–Crippen LogP) is 1.11. The Labute approximate surface area is 141 Å². The Bertz CT molecular complexity index is 680. The van der Waals surface area contributed by atoms with Gasteiger partial charge in [-0.1, -0.05) is 12.1 Å². The van der Waals surface area contributed by atoms with Crippen LogP contribution in [0, 0.1) is 0 Å². The number of anilines is 2. The highest BCUT2D eigenvalue weighted by atomic mass is 16.1. The van der Waals surface area contributed by atoms with E-state index in [0.717, 1.165) is 37.8 Å². The number of carbonyl (C=O) groups is 1. The molecular weight excluding hydrogens is 304 g/mol. The highest BCUT2D eigenvalue weighted by molar-refractivity contribution is 5.92. The van der Waals surface area contributed by atoms with Gasteiger partial charge in [-0.25, -0.2) is 4.98 Å². The first-order valence-electron chi connectivity index (χ1n) is 7.91. The zero-order chi connectivity index (χ0) is 16.8. The number of hydrogen-bond donors (Lipinski definition) is 1. The number of nitrogens with zero attached hydrogens (tertiary/aromatic N) is 5. The molecule has 1 fully saturated rings. The molecule has 124 valence electrons. The zero-order valence-electron chi connectivity index (χ0n) is 13.4. The van der Waals surface area contributed by atoms with Crippen molar-refractivity contribution in [2.45, 2.75) is 0 Å². The maximum absolute atomic E-state index is 11.8. The SMILES string of the molecule is C=CCNC(=O)c1ccc(N2CCN(c3ccccn3)CC2)nn1. The standard InChI is InChI=1S/C17H20N6O/c1-2-8-19-17(24)14-6-7-16(21-20-14)23-12-10-22(11-13-23)15-5-3-4-9-18-15/h2-7,9H,1,8,10-13H2,(H,19,24). The molecule has 1 aliphatic rings. The van der Waals surface area contributed by atoms with E-state index in [4.69, 9.17) is 0 Å². The number of piperazine rings is 1. The van der Waals surface area contributed by atoms with Gasteiger partial charge in [0, 0.05) is 38.9 Å². The van der Waals surface area contributed by atoms with Crippen LogP contribution in [0.2, 0.25) is 0 Å². The first-order valence-corrected chi connectivity index (χ1v) is 7.91. The van der Waals surface area contributed by atoms with Gasteiger partial charge in [0.15, 0.2) is 11.5 Å². The van der Waals surface area contributed by atoms with Crippen molar-refractivity contribution in [3.05, 3.63) is 54.9 Å². The lowest BCUT2D eigenvalue weighted by molar-refractivity contribution is 0.0952. The molecule has 0 bridgehead atoms. The van der Waals surface area contributed by atoms with Crippen LogP contribution in [0.15, 0.2) is 49.2 Å². The number of pyridine rings is 1. The van der Waals surface area contributed by atoms with Crippen molar-refractivity contribution in [3.8, 4) is 0 Å². The molecule has 7 heteroatoms. The Morgan fingerprint density at radius 2 is 1.83 bits per heavy atom. The van der Waals surface area contributed by atoms with E-state index >= 15 is 0 Å². The summed E-state index contributed by atoms with van der Waals surface area (Å²) >= 11 is 0. The van der Waals surface area contributed by atoms with E-state index < -0.39 is 0 Å². The molecule has 1 aliphatic heterocycles. The van der Waals surface area contributed by atoms with Gasteiger partial charge < -0.3 is 15.1 Å². The molecule has 0 atom stereocenters. The normalized spacial score (nSPS) is 14.3. The fourth-order valence-electron chi connectivity index (χ4n) is 2.58. The second-order valence-electron chi connectivity index (χ2n) is 5.44. The van der Waals surface area contributed by atoms with Crippen molar-refractivity contribution in [2.24, 2.45) is 0 Å². The molecular formula is C17H20N6O. The van der Waals surface area contributed by atoms with Crippen LogP contribution in [0.3, 0.4) is 0 Å². The molecule has 1 saturated heterocycles. The minimum Gasteiger partial charge on any atom is -0.353 e. The van der Waals surface area contributed by atoms with Gasteiger partial charge in [-0.15, -0.1) is 16.8 Å². The summed E-state index contributed by atoms with van der Waals surface area (Å²) < 4.78 is 0. The van der Waals surface area contributed by atoms with Crippen molar-refractivity contribution in [1.29, 1.82) is 0 Å². The molecule has 3 heterocycles. The van der Waals surface area contributed by atoms with Crippen molar-refractivity contribution in [2.75, 3.05) is 42.5 Å². The van der Waals surface area contributed by atoms with Crippen molar-refractivity contribution in [3.63, 3.8) is 0 Å². The van der Waals surface area contributed by atoms with Gasteiger partial charge in [0.1, 0.15) is 5.82 Å². The average molecular weight is 324 g/mol. The van der Waals surface area contributed by atoms with Crippen LogP contribution in [-0.2, 0) is 0 Å². The third-order valence-corrected chi connectivity index (χ3v) is 3.87. The molecule has 3 rings (SSSR count). The van der Waals surface area contributed by atoms with E-state index in [1.165, 1.54) is 0 Å². The molecule has 0 saturated carbocycles. The summed E-state index contributed by atoms with van der Waals surface area (Å²) in [6, 6.07) is 9.47. The third-order valence-electron chi connectivity index (χ3n) is 3.87. The summed E-state index contributed by atoms with van der Waals surface area (Å²) in [4.78, 5) is 20.6. The highest BCUT2D eigenvalue weighted by Gasteiger charge is 2.19. The van der Waals surface area contributed by atoms with Crippen LogP contribution in [0.5, 0.6) is 0 Å². The summed E-state index contributed by atoms with van der Waals surface area (Å²) in [5.74, 6) is 1.54. The Kier molecular flexibility index (Phi) is 5.00. The summed E-state index contributed by atoms with van der Waals surface area (Å²) in [5, 5.41) is 10.9. The van der Waals surface area contributed by atoms with Gasteiger partial charge in [-0.2, -0.15) is 0 Å². The number of carbonyl (C=O) groups excluding carboxylic acids is 1. The predicted molar refractivity (Wildman–Crippen MR) is 93.2 cm³/mol. The molecule has 0 radical (unpaired) electrons. The van der Waals surface area contributed by atoms with Crippen LogP contribution in [0.25, 0.3) is 0 Å². The van der Waals surface area contributed by atoms with Gasteiger partial charge in [0.05, 0.1) is 0 Å². The molecule has 24 heavy (non-hydrogen) atoms. The Hall–Kier alpha value is -2.96. The summed E-state index contributed by atoms with van der Waals surface area (Å²) in [6.45, 7) is 7.41. The van der Waals surface area contributed by atoms with E-state index in [0.29, 0.717) is 12.2 Å². The quantitative estimate of drug-likeness (QED) is 0.831. The molecule has 1 amide bonds. The fourth-order valence-corrected chi connectivity index (χ4v) is 2.58. The van der Waals surface area contributed by atoms with Crippen molar-refractivity contribution < 1.29 is 4.79 Å². The van der Waals surface area contributed by atoms with E-state index in [2.05, 4.69) is 36.9 Å². The fraction of sp³-hybridized carbons (Fsp3) is 0.294. The van der Waals surface area contributed by atoms with Crippen LogP contribution in [-0.4, -0.2) is 53.8 Å². The van der Waals surface area contributed by atoms with Gasteiger partial charge in [0.25, 0.3) is 5.91 Å². The second kappa shape index (κ2) is 7.54. The van der Waals surface area contributed by atoms with Crippen LogP contribution in [0.1, 0.15) is 10.5 Å². The maximum atomic E-state index is 11.8. The molecule has 1 N–H and O–H groups in total. The number of rotatable bonds is 5. The Morgan fingerprint density at radius 3 is 2.42 bits per heavy atom. The molecule has 7 nitrogen and oxygen atoms in total. The van der Waals surface area contributed by atoms with Crippen LogP contribution < -0.4 is 15.1 Å². The molecule has 0 unspecified atom stereocenters. The maximum Gasteiger partial charge on any atom is 0.272 e. The van der Waals surface area contributed by atoms with Gasteiger partial charge in [0.2, 0.25) is 0 Å². The van der Waals surface area contributed by atoms with E-state index in [9.17, 15) is 4.79 Å². The summed E-state index contributed by atoms with van der Waals surface area (Å²) in [6.07, 6.45) is 3.43. The first-order chi connectivity index (χ1) is 11.8. The van der Waals surface area contributed by atoms with E-state index in [-0.39, 0.29) is 5.91 Å². The highest BCUT2D eigenvalue weighted by Crippen LogP contribution is 2.16. The van der Waals surface area contributed by atoms with Gasteiger partial charge in [-0.05, 0) is 24.3 Å². The number of amides is 1. The van der Waals surface area contributed by atoms with Crippen LogP contribution in [0.4, 0.5) is 11.6 Å². The molecule has 2 aromatic heterocycles. The van der Waals surface area contributed by atoms with Crippen molar-refractivity contribution in [1.82, 2.24) is 20.5 Å². The van der Waals surface area contributed by atoms with Crippen LogP contribution >= 0.6 is 0 Å². The lowest BCUT2D eigenvalue weighted by Crippen LogP contribution is -2.47. The average Bonchev–Trinajstić information content (AvgIpc) is 2.67. The molecule has 0 spiro atoms. The summed E-state index contributed by atoms with van der Waals surface area (Å²) in [5.41, 5.74) is 0.313. The zero-order valence-corrected chi connectivity index (χ0v) is 13.4. The van der Waals surface area contributed by atoms with E-state index in [1.54, 1.807) is 12.1 Å². The smallest absolute Gasteiger partial charge is 0.272 e. The topological polar surface area (TPSA) is 74.2 Å². The minimum atomic E-state index is -0.242. The first kappa shape index (κ1) is 15.9. The summed E-state index contributed by atoms with van der Waals surface area (Å²) in [7, 11) is 0. The largest absolute Gasteiger partial charge is 0.353 e. The van der Waals surface area contributed by atoms with Gasteiger partial charge in [-0.3, -0.25) is 4.79 Å². The number of aromatic nitrogens is 3. The Balaban J connectivity index is 1.58. The van der Waals surface area contributed by atoms with Crippen molar-refractivity contribution >= 4 is 17.5 Å². The lowest BCUT2D eigenvalue weighted by atomic mass is 10.3. The number of hydrogen-bond acceptors (Lipinski definition) is 6. The van der Waals surface area contributed by atoms with E-state index in [1.807, 2.05) is 30.5 Å². The number of nitrogens with one attached hydrogen (secondary N) is 1. The molecule has 0 aliphatic carbocycles. The minimum absolute atomic E-state index is 0.242. The second-order valence-corrected chi connectivity index (χ2v) is 5.44. The van der Waals surface area contributed by atoms with Gasteiger partial charge >= 0.3 is 0 Å². The monoisotopic (exact) mass is 324 g/mol. The third kappa shape index (κ3) is 3.68. The molecule has 2 aromatic rings.